The molecule has 0 fully saturated rings. The molecule has 0 spiro atoms. The van der Waals surface area contributed by atoms with Gasteiger partial charge in [0, 0.05) is 29.5 Å². The predicted octanol–water partition coefficient (Wildman–Crippen LogP) is 3.45. The van der Waals surface area contributed by atoms with E-state index < -0.39 is 4.92 Å². The van der Waals surface area contributed by atoms with Crippen LogP contribution in [-0.2, 0) is 4.79 Å². The number of nitro groups is 1. The van der Waals surface area contributed by atoms with Gasteiger partial charge in [-0.25, -0.2) is 0 Å². The maximum absolute atomic E-state index is 11.9. The van der Waals surface area contributed by atoms with Crippen molar-refractivity contribution < 1.29 is 14.5 Å². The lowest BCUT2D eigenvalue weighted by atomic mass is 10.1. The third-order valence-corrected chi connectivity index (χ3v) is 3.07. The quantitative estimate of drug-likeness (QED) is 0.396. The molecule has 0 heterocycles. The lowest BCUT2D eigenvalue weighted by Crippen LogP contribution is -2.08. The van der Waals surface area contributed by atoms with Gasteiger partial charge in [-0.3, -0.25) is 19.7 Å². The number of hydrogen-bond donors (Lipinski definition) is 1. The van der Waals surface area contributed by atoms with Gasteiger partial charge in [0.15, 0.2) is 5.78 Å². The number of rotatable bonds is 5. The van der Waals surface area contributed by atoms with Crippen LogP contribution >= 0.6 is 0 Å². The molecule has 1 N–H and O–H groups in total. The number of carbonyl (C=O) groups is 2. The van der Waals surface area contributed by atoms with Crippen LogP contribution in [0.4, 0.5) is 11.4 Å². The molecular formula is C17H14N2O4. The summed E-state index contributed by atoms with van der Waals surface area (Å²) in [7, 11) is 0. The Morgan fingerprint density at radius 3 is 2.43 bits per heavy atom. The molecule has 116 valence electrons. The second-order valence-corrected chi connectivity index (χ2v) is 4.81. The molecule has 6 heteroatoms. The first-order valence-electron chi connectivity index (χ1n) is 6.80. The highest BCUT2D eigenvalue weighted by atomic mass is 16.6. The number of non-ortho nitro benzene ring substituents is 1. The molecule has 23 heavy (non-hydrogen) atoms. The van der Waals surface area contributed by atoms with Gasteiger partial charge < -0.3 is 5.32 Å². The van der Waals surface area contributed by atoms with E-state index in [1.165, 1.54) is 25.1 Å². The van der Waals surface area contributed by atoms with E-state index >= 15 is 0 Å². The molecule has 0 aliphatic heterocycles. The molecule has 0 unspecified atom stereocenters. The minimum atomic E-state index is -0.484. The van der Waals surface area contributed by atoms with Gasteiger partial charge in [-0.1, -0.05) is 12.1 Å². The number of amides is 1. The van der Waals surface area contributed by atoms with Crippen molar-refractivity contribution in [3.05, 3.63) is 75.8 Å². The van der Waals surface area contributed by atoms with Gasteiger partial charge in [0.1, 0.15) is 0 Å². The van der Waals surface area contributed by atoms with E-state index in [0.29, 0.717) is 16.8 Å². The van der Waals surface area contributed by atoms with Gasteiger partial charge >= 0.3 is 0 Å². The normalized spacial score (nSPS) is 10.5. The summed E-state index contributed by atoms with van der Waals surface area (Å²) in [6, 6.07) is 12.5. The predicted molar refractivity (Wildman–Crippen MR) is 87.2 cm³/mol. The van der Waals surface area contributed by atoms with Crippen molar-refractivity contribution in [1.29, 1.82) is 0 Å². The molecule has 0 aliphatic carbocycles. The number of hydrogen-bond acceptors (Lipinski definition) is 4. The Bertz CT molecular complexity index is 779. The summed E-state index contributed by atoms with van der Waals surface area (Å²) < 4.78 is 0. The number of carbonyl (C=O) groups excluding carboxylic acids is 2. The van der Waals surface area contributed by atoms with Crippen molar-refractivity contribution in [2.45, 2.75) is 6.92 Å². The first-order chi connectivity index (χ1) is 11.0. The minimum absolute atomic E-state index is 0.00681. The Balaban J connectivity index is 2.02. The number of Topliss-reactive ketones (excluding diaryl/α,β-unsaturated/α-hetero) is 1. The van der Waals surface area contributed by atoms with Gasteiger partial charge in [-0.15, -0.1) is 0 Å². The standard InChI is InChI=1S/C17H14N2O4/c1-12(20)14-3-2-4-15(11-14)18-17(21)10-7-13-5-8-16(9-6-13)19(22)23/h2-11H,1H3,(H,18,21)/b10-7+. The minimum Gasteiger partial charge on any atom is -0.322 e. The second-order valence-electron chi connectivity index (χ2n) is 4.81. The van der Waals surface area contributed by atoms with E-state index in [1.807, 2.05) is 0 Å². The average Bonchev–Trinajstić information content (AvgIpc) is 2.53. The van der Waals surface area contributed by atoms with E-state index in [2.05, 4.69) is 5.32 Å². The zero-order valence-electron chi connectivity index (χ0n) is 12.4. The largest absolute Gasteiger partial charge is 0.322 e. The van der Waals surface area contributed by atoms with Crippen molar-refractivity contribution in [2.24, 2.45) is 0 Å². The maximum Gasteiger partial charge on any atom is 0.269 e. The molecule has 2 rings (SSSR count). The summed E-state index contributed by atoms with van der Waals surface area (Å²) in [5, 5.41) is 13.2. The molecule has 1 amide bonds. The van der Waals surface area contributed by atoms with Crippen molar-refractivity contribution in [1.82, 2.24) is 0 Å². The van der Waals surface area contributed by atoms with Crippen molar-refractivity contribution in [2.75, 3.05) is 5.32 Å². The summed E-state index contributed by atoms with van der Waals surface area (Å²) in [6.07, 6.45) is 2.87. The van der Waals surface area contributed by atoms with Gasteiger partial charge in [-0.05, 0) is 42.8 Å². The molecule has 0 saturated carbocycles. The van der Waals surface area contributed by atoms with Crippen LogP contribution in [-0.4, -0.2) is 16.6 Å². The van der Waals surface area contributed by atoms with Crippen LogP contribution in [0.1, 0.15) is 22.8 Å². The summed E-state index contributed by atoms with van der Waals surface area (Å²) in [5.74, 6) is -0.438. The average molecular weight is 310 g/mol. The molecule has 0 atom stereocenters. The van der Waals surface area contributed by atoms with Crippen molar-refractivity contribution >= 4 is 29.1 Å². The number of ketones is 1. The van der Waals surface area contributed by atoms with Crippen molar-refractivity contribution in [3.63, 3.8) is 0 Å². The molecule has 0 bridgehead atoms. The summed E-state index contributed by atoms with van der Waals surface area (Å²) in [5.41, 5.74) is 1.70. The SMILES string of the molecule is CC(=O)c1cccc(NC(=O)/C=C/c2ccc([N+](=O)[O-])cc2)c1. The molecule has 0 saturated heterocycles. The van der Waals surface area contributed by atoms with E-state index in [1.54, 1.807) is 42.5 Å². The number of nitrogens with one attached hydrogen (secondary N) is 1. The number of benzene rings is 2. The third-order valence-electron chi connectivity index (χ3n) is 3.07. The lowest BCUT2D eigenvalue weighted by molar-refractivity contribution is -0.384. The van der Waals surface area contributed by atoms with Crippen LogP contribution in [0.5, 0.6) is 0 Å². The Kier molecular flexibility index (Phi) is 4.99. The molecular weight excluding hydrogens is 296 g/mol. The highest BCUT2D eigenvalue weighted by molar-refractivity contribution is 6.03. The Morgan fingerprint density at radius 2 is 1.83 bits per heavy atom. The van der Waals surface area contributed by atoms with Crippen molar-refractivity contribution in [3.8, 4) is 0 Å². The molecule has 2 aromatic rings. The van der Waals surface area contributed by atoms with Crippen LogP contribution in [0, 0.1) is 10.1 Å². The Morgan fingerprint density at radius 1 is 1.13 bits per heavy atom. The van der Waals surface area contributed by atoms with Gasteiger partial charge in [0.05, 0.1) is 4.92 Å². The summed E-state index contributed by atoms with van der Waals surface area (Å²) in [6.45, 7) is 1.45. The zero-order chi connectivity index (χ0) is 16.8. The Hall–Kier alpha value is -3.28. The maximum atomic E-state index is 11.9. The fraction of sp³-hybridized carbons (Fsp3) is 0.0588. The third kappa shape index (κ3) is 4.60. The highest BCUT2D eigenvalue weighted by Gasteiger charge is 2.04. The molecule has 0 aliphatic rings. The van der Waals surface area contributed by atoms with E-state index in [9.17, 15) is 19.7 Å². The lowest BCUT2D eigenvalue weighted by Gasteiger charge is -2.03. The molecule has 0 aromatic heterocycles. The number of anilines is 1. The topological polar surface area (TPSA) is 89.3 Å². The number of nitrogens with zero attached hydrogens (tertiary/aromatic N) is 1. The van der Waals surface area contributed by atoms with Crippen LogP contribution in [0.2, 0.25) is 0 Å². The Labute approximate surface area is 132 Å². The summed E-state index contributed by atoms with van der Waals surface area (Å²) in [4.78, 5) is 33.2. The van der Waals surface area contributed by atoms with E-state index in [4.69, 9.17) is 0 Å². The van der Waals surface area contributed by atoms with Gasteiger partial charge in [0.2, 0.25) is 5.91 Å². The van der Waals surface area contributed by atoms with Crippen LogP contribution in [0.15, 0.2) is 54.6 Å². The molecule has 0 radical (unpaired) electrons. The highest BCUT2D eigenvalue weighted by Crippen LogP contribution is 2.14. The van der Waals surface area contributed by atoms with Gasteiger partial charge in [0.25, 0.3) is 5.69 Å². The first-order valence-corrected chi connectivity index (χ1v) is 6.80. The van der Waals surface area contributed by atoms with Crippen LogP contribution in [0.25, 0.3) is 6.08 Å². The van der Waals surface area contributed by atoms with Crippen LogP contribution < -0.4 is 5.32 Å². The smallest absolute Gasteiger partial charge is 0.269 e. The summed E-state index contributed by atoms with van der Waals surface area (Å²) >= 11 is 0. The fourth-order valence-electron chi connectivity index (χ4n) is 1.88. The van der Waals surface area contributed by atoms with Gasteiger partial charge in [-0.2, -0.15) is 0 Å². The molecule has 2 aromatic carbocycles. The zero-order valence-corrected chi connectivity index (χ0v) is 12.4. The van der Waals surface area contributed by atoms with Crippen LogP contribution in [0.3, 0.4) is 0 Å². The monoisotopic (exact) mass is 310 g/mol. The van der Waals surface area contributed by atoms with E-state index in [-0.39, 0.29) is 17.4 Å². The van der Waals surface area contributed by atoms with E-state index in [0.717, 1.165) is 0 Å². The fourth-order valence-corrected chi connectivity index (χ4v) is 1.88. The first kappa shape index (κ1) is 16.1. The molecule has 6 nitrogen and oxygen atoms in total. The second kappa shape index (κ2) is 7.13. The number of nitro benzene ring substituents is 1.